The van der Waals surface area contributed by atoms with E-state index in [2.05, 4.69) is 15.7 Å². The minimum Gasteiger partial charge on any atom is -0.497 e. The number of hydrogen-bond acceptors (Lipinski definition) is 8. The number of carbonyl (C=O) groups excluding carboxylic acids is 2. The van der Waals surface area contributed by atoms with Gasteiger partial charge in [0, 0.05) is 20.0 Å². The topological polar surface area (TPSA) is 101 Å². The van der Waals surface area contributed by atoms with Crippen LogP contribution in [0.5, 0.6) is 17.2 Å². The van der Waals surface area contributed by atoms with Crippen LogP contribution in [0.4, 0.5) is 5.69 Å². The highest BCUT2D eigenvalue weighted by Gasteiger charge is 2.35. The van der Waals surface area contributed by atoms with E-state index in [1.54, 1.807) is 52.6 Å². The standard InChI is InChI=1S/C23H28N4O5S/c1-24-22(29)20-14-21(28)27(23(33-20)26-16-6-8-17(30-2)9-7-16)25-12-11-15-5-10-18(31-3)19(13-15)32-4/h5-10,13,20,25H,11-12,14H2,1-4H3,(H,24,29)/t20-/m0/s1. The number of benzene rings is 2. The van der Waals surface area contributed by atoms with Gasteiger partial charge in [0.25, 0.3) is 0 Å². The maximum absolute atomic E-state index is 12.9. The Balaban J connectivity index is 1.76. The molecule has 1 saturated heterocycles. The number of nitrogens with one attached hydrogen (secondary N) is 2. The number of amidine groups is 1. The summed E-state index contributed by atoms with van der Waals surface area (Å²) in [5, 5.41) is 3.91. The van der Waals surface area contributed by atoms with Gasteiger partial charge < -0.3 is 19.5 Å². The molecular weight excluding hydrogens is 444 g/mol. The molecule has 0 bridgehead atoms. The molecule has 2 aromatic carbocycles. The third kappa shape index (κ3) is 6.17. The molecule has 33 heavy (non-hydrogen) atoms. The Kier molecular flexibility index (Phi) is 8.56. The van der Waals surface area contributed by atoms with Gasteiger partial charge in [-0.3, -0.25) is 9.59 Å². The molecular formula is C23H28N4O5S. The van der Waals surface area contributed by atoms with Crippen molar-refractivity contribution in [3.63, 3.8) is 0 Å². The molecule has 2 aromatic rings. The number of aliphatic imine (C=N–C) groups is 1. The molecule has 1 aliphatic rings. The van der Waals surface area contributed by atoms with Crippen LogP contribution in [0.1, 0.15) is 12.0 Å². The number of ether oxygens (including phenoxy) is 3. The Hall–Kier alpha value is -3.24. The lowest BCUT2D eigenvalue weighted by molar-refractivity contribution is -0.132. The van der Waals surface area contributed by atoms with E-state index in [9.17, 15) is 9.59 Å². The van der Waals surface area contributed by atoms with E-state index in [1.165, 1.54) is 16.8 Å². The first-order chi connectivity index (χ1) is 16.0. The molecule has 9 nitrogen and oxygen atoms in total. The second kappa shape index (κ2) is 11.6. The minimum absolute atomic E-state index is 0.0787. The number of carbonyl (C=O) groups is 2. The fraction of sp³-hybridized carbons (Fsp3) is 0.348. The average molecular weight is 473 g/mol. The number of methoxy groups -OCH3 is 3. The van der Waals surface area contributed by atoms with Gasteiger partial charge in [0.1, 0.15) is 11.0 Å². The van der Waals surface area contributed by atoms with Crippen LogP contribution < -0.4 is 25.0 Å². The number of rotatable bonds is 9. The molecule has 1 aliphatic heterocycles. The molecule has 0 aliphatic carbocycles. The number of thioether (sulfide) groups is 1. The summed E-state index contributed by atoms with van der Waals surface area (Å²) in [6.07, 6.45) is 0.721. The van der Waals surface area contributed by atoms with Gasteiger partial charge >= 0.3 is 0 Å². The normalized spacial score (nSPS) is 17.1. The molecule has 0 unspecified atom stereocenters. The largest absolute Gasteiger partial charge is 0.497 e. The average Bonchev–Trinajstić information content (AvgIpc) is 2.85. The first-order valence-corrected chi connectivity index (χ1v) is 11.2. The number of hydrogen-bond donors (Lipinski definition) is 2. The molecule has 0 aromatic heterocycles. The fourth-order valence-electron chi connectivity index (χ4n) is 3.23. The van der Waals surface area contributed by atoms with Gasteiger partial charge in [0.15, 0.2) is 16.7 Å². The van der Waals surface area contributed by atoms with Crippen LogP contribution in [0, 0.1) is 0 Å². The van der Waals surface area contributed by atoms with Crippen molar-refractivity contribution in [3.8, 4) is 17.2 Å². The van der Waals surface area contributed by atoms with Gasteiger partial charge in [-0.15, -0.1) is 0 Å². The summed E-state index contributed by atoms with van der Waals surface area (Å²) in [4.78, 5) is 29.7. The van der Waals surface area contributed by atoms with Gasteiger partial charge in [-0.25, -0.2) is 15.4 Å². The summed E-state index contributed by atoms with van der Waals surface area (Å²) in [6, 6.07) is 12.9. The lowest BCUT2D eigenvalue weighted by Crippen LogP contribution is -2.52. The number of amides is 2. The summed E-state index contributed by atoms with van der Waals surface area (Å²) in [5.41, 5.74) is 4.83. The first kappa shape index (κ1) is 24.4. The lowest BCUT2D eigenvalue weighted by atomic mass is 10.1. The molecule has 1 atom stereocenters. The minimum atomic E-state index is -0.539. The molecule has 0 radical (unpaired) electrons. The predicted octanol–water partition coefficient (Wildman–Crippen LogP) is 2.53. The third-order valence-corrected chi connectivity index (χ3v) is 6.17. The van der Waals surface area contributed by atoms with Crippen molar-refractivity contribution in [3.05, 3.63) is 48.0 Å². The Morgan fingerprint density at radius 3 is 2.45 bits per heavy atom. The first-order valence-electron chi connectivity index (χ1n) is 10.4. The van der Waals surface area contributed by atoms with E-state index in [1.807, 2.05) is 18.2 Å². The van der Waals surface area contributed by atoms with Crippen molar-refractivity contribution in [2.45, 2.75) is 18.1 Å². The molecule has 1 fully saturated rings. The molecule has 0 saturated carbocycles. The predicted molar refractivity (Wildman–Crippen MR) is 128 cm³/mol. The Bertz CT molecular complexity index is 1010. The molecule has 10 heteroatoms. The summed E-state index contributed by atoms with van der Waals surface area (Å²) in [7, 11) is 6.33. The monoisotopic (exact) mass is 472 g/mol. The van der Waals surface area contributed by atoms with Crippen LogP contribution in [0.2, 0.25) is 0 Å². The number of nitrogens with zero attached hydrogens (tertiary/aromatic N) is 2. The zero-order valence-corrected chi connectivity index (χ0v) is 19.9. The van der Waals surface area contributed by atoms with Crippen LogP contribution in [0.15, 0.2) is 47.5 Å². The summed E-state index contributed by atoms with van der Waals surface area (Å²) in [5.74, 6) is 1.59. The Morgan fingerprint density at radius 2 is 1.82 bits per heavy atom. The zero-order valence-electron chi connectivity index (χ0n) is 19.1. The lowest BCUT2D eigenvalue weighted by Gasteiger charge is -2.31. The third-order valence-electron chi connectivity index (χ3n) is 5.02. The van der Waals surface area contributed by atoms with Gasteiger partial charge in [0.05, 0.1) is 27.0 Å². The van der Waals surface area contributed by atoms with Crippen molar-refractivity contribution >= 4 is 34.4 Å². The highest BCUT2D eigenvalue weighted by atomic mass is 32.2. The van der Waals surface area contributed by atoms with Crippen LogP contribution in [-0.2, 0) is 16.0 Å². The van der Waals surface area contributed by atoms with E-state index < -0.39 is 5.25 Å². The van der Waals surface area contributed by atoms with E-state index in [0.29, 0.717) is 41.1 Å². The maximum Gasteiger partial charge on any atom is 0.244 e. The molecule has 0 spiro atoms. The quantitative estimate of drug-likeness (QED) is 0.578. The highest BCUT2D eigenvalue weighted by Crippen LogP contribution is 2.29. The van der Waals surface area contributed by atoms with Crippen molar-refractivity contribution in [2.24, 2.45) is 4.99 Å². The molecule has 1 heterocycles. The van der Waals surface area contributed by atoms with E-state index in [0.717, 1.165) is 5.56 Å². The van der Waals surface area contributed by atoms with E-state index in [-0.39, 0.29) is 18.2 Å². The van der Waals surface area contributed by atoms with Gasteiger partial charge in [-0.1, -0.05) is 17.8 Å². The van der Waals surface area contributed by atoms with Crippen molar-refractivity contribution in [2.75, 3.05) is 34.9 Å². The smallest absolute Gasteiger partial charge is 0.244 e. The molecule has 3 rings (SSSR count). The molecule has 2 N–H and O–H groups in total. The van der Waals surface area contributed by atoms with Crippen molar-refractivity contribution < 1.29 is 23.8 Å². The molecule has 176 valence electrons. The second-order valence-electron chi connectivity index (χ2n) is 7.09. The maximum atomic E-state index is 12.9. The fourth-order valence-corrected chi connectivity index (χ4v) is 4.37. The van der Waals surface area contributed by atoms with Crippen LogP contribution >= 0.6 is 11.8 Å². The van der Waals surface area contributed by atoms with Crippen LogP contribution in [-0.4, -0.2) is 62.2 Å². The highest BCUT2D eigenvalue weighted by molar-refractivity contribution is 8.15. The van der Waals surface area contributed by atoms with Gasteiger partial charge in [0.2, 0.25) is 11.8 Å². The van der Waals surface area contributed by atoms with Gasteiger partial charge in [-0.05, 0) is 48.4 Å². The molecule has 2 amide bonds. The Labute approximate surface area is 197 Å². The van der Waals surface area contributed by atoms with E-state index >= 15 is 0 Å². The van der Waals surface area contributed by atoms with Crippen LogP contribution in [0.3, 0.4) is 0 Å². The van der Waals surface area contributed by atoms with Crippen molar-refractivity contribution in [1.29, 1.82) is 0 Å². The number of hydrazine groups is 1. The summed E-state index contributed by atoms with van der Waals surface area (Å²) < 4.78 is 15.8. The van der Waals surface area contributed by atoms with E-state index in [4.69, 9.17) is 14.2 Å². The van der Waals surface area contributed by atoms with Crippen LogP contribution in [0.25, 0.3) is 0 Å². The van der Waals surface area contributed by atoms with Gasteiger partial charge in [-0.2, -0.15) is 0 Å². The summed E-state index contributed by atoms with van der Waals surface area (Å²) >= 11 is 1.25. The van der Waals surface area contributed by atoms with Crippen molar-refractivity contribution in [1.82, 2.24) is 15.8 Å². The SMILES string of the molecule is CNC(=O)[C@@H]1CC(=O)N(NCCc2ccc(OC)c(OC)c2)C(=Nc2ccc(OC)cc2)S1. The summed E-state index contributed by atoms with van der Waals surface area (Å²) in [6.45, 7) is 0.480. The Morgan fingerprint density at radius 1 is 1.09 bits per heavy atom. The zero-order chi connectivity index (χ0) is 23.8. The second-order valence-corrected chi connectivity index (χ2v) is 8.26.